The number of rotatable bonds is 8. The van der Waals surface area contributed by atoms with E-state index < -0.39 is 0 Å². The van der Waals surface area contributed by atoms with Gasteiger partial charge in [0, 0.05) is 25.5 Å². The summed E-state index contributed by atoms with van der Waals surface area (Å²) in [6.45, 7) is 5.33. The van der Waals surface area contributed by atoms with E-state index in [1.807, 2.05) is 18.2 Å². The average molecular weight is 343 g/mol. The molecule has 2 aromatic rings. The first-order valence-corrected chi connectivity index (χ1v) is 8.21. The van der Waals surface area contributed by atoms with Gasteiger partial charge in [-0.2, -0.15) is 0 Å². The van der Waals surface area contributed by atoms with Crippen LogP contribution in [0.2, 0.25) is 0 Å². The van der Waals surface area contributed by atoms with Gasteiger partial charge in [0.1, 0.15) is 0 Å². The van der Waals surface area contributed by atoms with Crippen molar-refractivity contribution in [3.63, 3.8) is 0 Å². The molecule has 1 heterocycles. The number of ether oxygens (including phenoxy) is 2. The summed E-state index contributed by atoms with van der Waals surface area (Å²) in [7, 11) is 3.22. The van der Waals surface area contributed by atoms with Gasteiger partial charge in [0.25, 0.3) is 5.91 Å². The van der Waals surface area contributed by atoms with Crippen LogP contribution in [-0.4, -0.2) is 31.7 Å². The van der Waals surface area contributed by atoms with Gasteiger partial charge in [0.2, 0.25) is 0 Å². The van der Waals surface area contributed by atoms with Crippen LogP contribution in [0.5, 0.6) is 11.5 Å². The highest BCUT2D eigenvalue weighted by molar-refractivity contribution is 5.94. The van der Waals surface area contributed by atoms with Gasteiger partial charge in [-0.05, 0) is 29.7 Å². The SMILES string of the molecule is COc1ccc(CNc2cncc(C(=O)NCC(C)C)c2)cc1OC. The Kier molecular flexibility index (Phi) is 6.62. The number of nitrogens with one attached hydrogen (secondary N) is 2. The molecular formula is C19H25N3O3. The molecule has 0 aliphatic carbocycles. The minimum Gasteiger partial charge on any atom is -0.493 e. The smallest absolute Gasteiger partial charge is 0.252 e. The van der Waals surface area contributed by atoms with E-state index in [4.69, 9.17) is 9.47 Å². The highest BCUT2D eigenvalue weighted by Crippen LogP contribution is 2.27. The van der Waals surface area contributed by atoms with Crippen molar-refractivity contribution in [2.45, 2.75) is 20.4 Å². The predicted octanol–water partition coefficient (Wildman–Crippen LogP) is 3.10. The molecule has 25 heavy (non-hydrogen) atoms. The predicted molar refractivity (Wildman–Crippen MR) is 98.3 cm³/mol. The lowest BCUT2D eigenvalue weighted by atomic mass is 10.2. The number of hydrogen-bond donors (Lipinski definition) is 2. The van der Waals surface area contributed by atoms with Gasteiger partial charge in [-0.15, -0.1) is 0 Å². The molecule has 2 N–H and O–H groups in total. The molecule has 0 aliphatic rings. The van der Waals surface area contributed by atoms with Crippen molar-refractivity contribution in [2.75, 3.05) is 26.1 Å². The van der Waals surface area contributed by atoms with E-state index >= 15 is 0 Å². The molecular weight excluding hydrogens is 318 g/mol. The number of nitrogens with zero attached hydrogens (tertiary/aromatic N) is 1. The van der Waals surface area contributed by atoms with Crippen LogP contribution in [0, 0.1) is 5.92 Å². The van der Waals surface area contributed by atoms with Crippen LogP contribution < -0.4 is 20.1 Å². The molecule has 1 aromatic heterocycles. The molecule has 2 rings (SSSR count). The Bertz CT molecular complexity index is 717. The molecule has 1 aromatic carbocycles. The van der Waals surface area contributed by atoms with E-state index in [1.165, 1.54) is 0 Å². The lowest BCUT2D eigenvalue weighted by Gasteiger charge is -2.12. The van der Waals surface area contributed by atoms with Crippen LogP contribution in [0.4, 0.5) is 5.69 Å². The number of methoxy groups -OCH3 is 2. The second-order valence-corrected chi connectivity index (χ2v) is 6.11. The Morgan fingerprint density at radius 2 is 1.88 bits per heavy atom. The largest absolute Gasteiger partial charge is 0.493 e. The van der Waals surface area contributed by atoms with E-state index in [9.17, 15) is 4.79 Å². The summed E-state index contributed by atoms with van der Waals surface area (Å²) in [5.41, 5.74) is 2.36. The van der Waals surface area contributed by atoms with Crippen molar-refractivity contribution in [2.24, 2.45) is 5.92 Å². The van der Waals surface area contributed by atoms with Gasteiger partial charge in [0.15, 0.2) is 11.5 Å². The van der Waals surface area contributed by atoms with Gasteiger partial charge in [-0.25, -0.2) is 0 Å². The Balaban J connectivity index is 2.01. The van der Waals surface area contributed by atoms with Crippen LogP contribution in [0.1, 0.15) is 29.8 Å². The topological polar surface area (TPSA) is 72.5 Å². The number of amides is 1. The molecule has 0 aliphatic heterocycles. The van der Waals surface area contributed by atoms with Crippen molar-refractivity contribution < 1.29 is 14.3 Å². The second-order valence-electron chi connectivity index (χ2n) is 6.11. The van der Waals surface area contributed by atoms with Crippen molar-refractivity contribution in [3.05, 3.63) is 47.8 Å². The van der Waals surface area contributed by atoms with Crippen molar-refractivity contribution in [1.29, 1.82) is 0 Å². The summed E-state index contributed by atoms with van der Waals surface area (Å²) in [6, 6.07) is 7.53. The zero-order valence-corrected chi connectivity index (χ0v) is 15.1. The first-order chi connectivity index (χ1) is 12.0. The first-order valence-electron chi connectivity index (χ1n) is 8.21. The van der Waals surface area contributed by atoms with E-state index in [0.29, 0.717) is 36.1 Å². The Labute approximate surface area is 148 Å². The molecule has 0 fully saturated rings. The number of carbonyl (C=O) groups is 1. The molecule has 6 nitrogen and oxygen atoms in total. The third-order valence-electron chi connectivity index (χ3n) is 3.62. The standard InChI is InChI=1S/C19H25N3O3/c1-13(2)9-22-19(23)15-8-16(12-20-11-15)21-10-14-5-6-17(24-3)18(7-14)25-4/h5-8,11-13,21H,9-10H2,1-4H3,(H,22,23). The van der Waals surface area contributed by atoms with Crippen LogP contribution in [-0.2, 0) is 6.54 Å². The number of hydrogen-bond acceptors (Lipinski definition) is 5. The van der Waals surface area contributed by atoms with Gasteiger partial charge < -0.3 is 20.1 Å². The van der Waals surface area contributed by atoms with E-state index in [0.717, 1.165) is 11.3 Å². The fourth-order valence-electron chi connectivity index (χ4n) is 2.25. The summed E-state index contributed by atoms with van der Waals surface area (Å²) in [6.07, 6.45) is 3.26. The van der Waals surface area contributed by atoms with Crippen LogP contribution in [0.3, 0.4) is 0 Å². The Morgan fingerprint density at radius 1 is 1.12 bits per heavy atom. The summed E-state index contributed by atoms with van der Waals surface area (Å²) >= 11 is 0. The summed E-state index contributed by atoms with van der Waals surface area (Å²) in [5.74, 6) is 1.66. The third kappa shape index (κ3) is 5.38. The molecule has 134 valence electrons. The number of pyridine rings is 1. The Morgan fingerprint density at radius 3 is 2.56 bits per heavy atom. The average Bonchev–Trinajstić information content (AvgIpc) is 2.64. The zero-order chi connectivity index (χ0) is 18.2. The molecule has 0 radical (unpaired) electrons. The van der Waals surface area contributed by atoms with Gasteiger partial charge in [-0.1, -0.05) is 19.9 Å². The van der Waals surface area contributed by atoms with E-state index in [1.54, 1.807) is 32.7 Å². The highest BCUT2D eigenvalue weighted by Gasteiger charge is 2.08. The molecule has 0 saturated carbocycles. The second kappa shape index (κ2) is 8.92. The van der Waals surface area contributed by atoms with E-state index in [-0.39, 0.29) is 5.91 Å². The molecule has 0 bridgehead atoms. The van der Waals surface area contributed by atoms with Crippen LogP contribution in [0.15, 0.2) is 36.7 Å². The Hall–Kier alpha value is -2.76. The quantitative estimate of drug-likeness (QED) is 0.770. The maximum Gasteiger partial charge on any atom is 0.252 e. The molecule has 6 heteroatoms. The first kappa shape index (κ1) is 18.6. The lowest BCUT2D eigenvalue weighted by Crippen LogP contribution is -2.27. The highest BCUT2D eigenvalue weighted by atomic mass is 16.5. The number of aromatic nitrogens is 1. The monoisotopic (exact) mass is 343 g/mol. The van der Waals surface area contributed by atoms with Crippen molar-refractivity contribution in [3.8, 4) is 11.5 Å². The molecule has 0 atom stereocenters. The lowest BCUT2D eigenvalue weighted by molar-refractivity contribution is 0.0948. The van der Waals surface area contributed by atoms with Crippen LogP contribution in [0.25, 0.3) is 0 Å². The number of carbonyl (C=O) groups excluding carboxylic acids is 1. The number of benzene rings is 1. The molecule has 0 spiro atoms. The maximum absolute atomic E-state index is 12.1. The number of anilines is 1. The molecule has 1 amide bonds. The minimum absolute atomic E-state index is 0.115. The minimum atomic E-state index is -0.115. The van der Waals surface area contributed by atoms with Crippen LogP contribution >= 0.6 is 0 Å². The normalized spacial score (nSPS) is 10.4. The zero-order valence-electron chi connectivity index (χ0n) is 15.1. The summed E-state index contributed by atoms with van der Waals surface area (Å²) in [5, 5.41) is 6.16. The molecule has 0 saturated heterocycles. The summed E-state index contributed by atoms with van der Waals surface area (Å²) < 4.78 is 10.5. The maximum atomic E-state index is 12.1. The van der Waals surface area contributed by atoms with Gasteiger partial charge >= 0.3 is 0 Å². The third-order valence-corrected chi connectivity index (χ3v) is 3.62. The van der Waals surface area contributed by atoms with Crippen molar-refractivity contribution >= 4 is 11.6 Å². The van der Waals surface area contributed by atoms with E-state index in [2.05, 4.69) is 29.5 Å². The fourth-order valence-corrected chi connectivity index (χ4v) is 2.25. The fraction of sp³-hybridized carbons (Fsp3) is 0.368. The molecule has 0 unspecified atom stereocenters. The van der Waals surface area contributed by atoms with Gasteiger partial charge in [0.05, 0.1) is 25.5 Å². The van der Waals surface area contributed by atoms with Crippen molar-refractivity contribution in [1.82, 2.24) is 10.3 Å². The summed E-state index contributed by atoms with van der Waals surface area (Å²) in [4.78, 5) is 16.3. The van der Waals surface area contributed by atoms with Gasteiger partial charge in [-0.3, -0.25) is 9.78 Å².